The van der Waals surface area contributed by atoms with Gasteiger partial charge in [-0.05, 0) is 24.3 Å². The molecule has 2 aromatic heterocycles. The van der Waals surface area contributed by atoms with E-state index in [9.17, 15) is 14.4 Å². The molecule has 0 aliphatic heterocycles. The summed E-state index contributed by atoms with van der Waals surface area (Å²) in [7, 11) is 1.63. The minimum absolute atomic E-state index is 0.0218. The largest absolute Gasteiger partial charge is 0.335 e. The van der Waals surface area contributed by atoms with Crippen LogP contribution in [0.3, 0.4) is 0 Å². The first-order valence-electron chi connectivity index (χ1n) is 8.22. The Morgan fingerprint density at radius 3 is 2.88 bits per heavy atom. The predicted octanol–water partition coefficient (Wildman–Crippen LogP) is 2.25. The third-order valence-electron chi connectivity index (χ3n) is 4.17. The summed E-state index contributed by atoms with van der Waals surface area (Å²) in [6.45, 7) is 0. The first kappa shape index (κ1) is 17.9. The fraction of sp³-hybridized carbons (Fsp3) is 0.500. The Morgan fingerprint density at radius 1 is 1.36 bits per heavy atom. The van der Waals surface area contributed by atoms with Crippen molar-refractivity contribution in [1.29, 1.82) is 0 Å². The molecule has 0 radical (unpaired) electrons. The molecule has 0 saturated heterocycles. The Hall–Kier alpha value is -1.87. The molecule has 1 aliphatic carbocycles. The van der Waals surface area contributed by atoms with Gasteiger partial charge >= 0.3 is 6.03 Å². The number of carbonyl (C=O) groups is 2. The minimum Gasteiger partial charge on any atom is -0.335 e. The lowest BCUT2D eigenvalue weighted by atomic mass is 9.96. The Kier molecular flexibility index (Phi) is 5.74. The van der Waals surface area contributed by atoms with E-state index in [1.54, 1.807) is 13.1 Å². The van der Waals surface area contributed by atoms with Crippen LogP contribution in [0.5, 0.6) is 0 Å². The summed E-state index contributed by atoms with van der Waals surface area (Å²) in [5.74, 6) is -0.383. The zero-order valence-corrected chi connectivity index (χ0v) is 15.5. The first-order valence-corrected chi connectivity index (χ1v) is 10.1. The van der Waals surface area contributed by atoms with Crippen LogP contribution in [0.25, 0.3) is 10.2 Å². The van der Waals surface area contributed by atoms with Gasteiger partial charge in [0.2, 0.25) is 5.91 Å². The number of hydrogen-bond acceptors (Lipinski definition) is 6. The second kappa shape index (κ2) is 8.01. The Bertz CT molecular complexity index is 840. The van der Waals surface area contributed by atoms with Crippen molar-refractivity contribution in [2.45, 2.75) is 43.3 Å². The average Bonchev–Trinajstić information content (AvgIpc) is 3.06. The highest BCUT2D eigenvalue weighted by atomic mass is 32.2. The highest BCUT2D eigenvalue weighted by Crippen LogP contribution is 2.20. The van der Waals surface area contributed by atoms with E-state index < -0.39 is 11.9 Å². The van der Waals surface area contributed by atoms with Gasteiger partial charge < -0.3 is 5.32 Å². The maximum absolute atomic E-state index is 12.2. The molecule has 0 atom stereocenters. The molecule has 0 spiro atoms. The van der Waals surface area contributed by atoms with Crippen LogP contribution in [0.15, 0.2) is 21.4 Å². The predicted molar refractivity (Wildman–Crippen MR) is 99.1 cm³/mol. The number of hydrogen-bond donors (Lipinski definition) is 2. The number of rotatable bonds is 4. The molecule has 2 aromatic rings. The third kappa shape index (κ3) is 4.40. The van der Waals surface area contributed by atoms with E-state index in [0.717, 1.165) is 37.4 Å². The number of nitrogens with zero attached hydrogens (tertiary/aromatic N) is 2. The van der Waals surface area contributed by atoms with Crippen molar-refractivity contribution in [3.63, 3.8) is 0 Å². The zero-order chi connectivity index (χ0) is 17.8. The zero-order valence-electron chi connectivity index (χ0n) is 13.9. The first-order chi connectivity index (χ1) is 12.0. The van der Waals surface area contributed by atoms with E-state index in [0.29, 0.717) is 15.4 Å². The summed E-state index contributed by atoms with van der Waals surface area (Å²) >= 11 is 2.49. The lowest BCUT2D eigenvalue weighted by Gasteiger charge is -2.22. The molecule has 1 saturated carbocycles. The van der Waals surface area contributed by atoms with Gasteiger partial charge in [0.15, 0.2) is 5.16 Å². The van der Waals surface area contributed by atoms with E-state index in [1.807, 2.05) is 5.38 Å². The number of fused-ring (bicyclic) bond motifs is 1. The normalized spacial score (nSPS) is 15.2. The summed E-state index contributed by atoms with van der Waals surface area (Å²) in [6.07, 6.45) is 5.35. The lowest BCUT2D eigenvalue weighted by molar-refractivity contribution is -0.117. The van der Waals surface area contributed by atoms with Crippen LogP contribution in [0.2, 0.25) is 0 Å². The smallest absolute Gasteiger partial charge is 0.321 e. The van der Waals surface area contributed by atoms with Crippen molar-refractivity contribution >= 4 is 45.3 Å². The quantitative estimate of drug-likeness (QED) is 0.627. The van der Waals surface area contributed by atoms with Gasteiger partial charge in [0.1, 0.15) is 4.70 Å². The molecule has 1 aliphatic rings. The summed E-state index contributed by atoms with van der Waals surface area (Å²) in [6, 6.07) is 1.48. The number of carbonyl (C=O) groups excluding carboxylic acids is 2. The fourth-order valence-electron chi connectivity index (χ4n) is 2.86. The molecule has 9 heteroatoms. The summed E-state index contributed by atoms with van der Waals surface area (Å²) in [4.78, 5) is 40.5. The van der Waals surface area contributed by atoms with Crippen molar-refractivity contribution < 1.29 is 9.59 Å². The van der Waals surface area contributed by atoms with Crippen LogP contribution in [-0.4, -0.2) is 33.3 Å². The van der Waals surface area contributed by atoms with Crippen LogP contribution in [0.4, 0.5) is 4.79 Å². The summed E-state index contributed by atoms with van der Waals surface area (Å²) in [5, 5.41) is 7.45. The van der Waals surface area contributed by atoms with Crippen molar-refractivity contribution in [2.75, 3.05) is 5.75 Å². The fourth-order valence-corrected chi connectivity index (χ4v) is 4.44. The van der Waals surface area contributed by atoms with Gasteiger partial charge in [0.25, 0.3) is 5.56 Å². The molecule has 7 nitrogen and oxygen atoms in total. The third-order valence-corrected chi connectivity index (χ3v) is 6.09. The maximum Gasteiger partial charge on any atom is 0.321 e. The van der Waals surface area contributed by atoms with Crippen LogP contribution in [0.1, 0.15) is 32.1 Å². The highest BCUT2D eigenvalue weighted by molar-refractivity contribution is 7.99. The molecule has 0 unspecified atom stereocenters. The van der Waals surface area contributed by atoms with Crippen molar-refractivity contribution in [1.82, 2.24) is 20.2 Å². The lowest BCUT2D eigenvalue weighted by Crippen LogP contribution is -2.45. The van der Waals surface area contributed by atoms with Crippen LogP contribution in [0, 0.1) is 0 Å². The average molecular weight is 380 g/mol. The van der Waals surface area contributed by atoms with Gasteiger partial charge in [0.05, 0.1) is 11.3 Å². The van der Waals surface area contributed by atoms with E-state index >= 15 is 0 Å². The molecule has 2 N–H and O–H groups in total. The monoisotopic (exact) mass is 380 g/mol. The summed E-state index contributed by atoms with van der Waals surface area (Å²) < 4.78 is 2.03. The minimum atomic E-state index is -0.451. The van der Waals surface area contributed by atoms with Gasteiger partial charge in [-0.1, -0.05) is 31.0 Å². The summed E-state index contributed by atoms with van der Waals surface area (Å²) in [5.41, 5.74) is 0.504. The second-order valence-corrected chi connectivity index (χ2v) is 7.90. The van der Waals surface area contributed by atoms with Gasteiger partial charge in [0, 0.05) is 13.1 Å². The van der Waals surface area contributed by atoms with Gasteiger partial charge in [-0.15, -0.1) is 11.3 Å². The molecule has 3 amide bonds. The number of amides is 3. The Morgan fingerprint density at radius 2 is 2.12 bits per heavy atom. The van der Waals surface area contributed by atoms with Gasteiger partial charge in [-0.25, -0.2) is 9.78 Å². The van der Waals surface area contributed by atoms with Crippen LogP contribution >= 0.6 is 23.1 Å². The number of thiophene rings is 1. The Labute approximate surface area is 153 Å². The molecule has 0 aromatic carbocycles. The number of aromatic nitrogens is 2. The van der Waals surface area contributed by atoms with Gasteiger partial charge in [-0.3, -0.25) is 19.5 Å². The molecule has 3 rings (SSSR count). The molecular weight excluding hydrogens is 360 g/mol. The number of nitrogens with one attached hydrogen (secondary N) is 2. The second-order valence-electron chi connectivity index (χ2n) is 6.04. The number of thioether (sulfide) groups is 1. The van der Waals surface area contributed by atoms with E-state index in [1.165, 1.54) is 22.3 Å². The van der Waals surface area contributed by atoms with Crippen molar-refractivity contribution in [3.8, 4) is 0 Å². The van der Waals surface area contributed by atoms with Crippen molar-refractivity contribution in [3.05, 3.63) is 21.8 Å². The van der Waals surface area contributed by atoms with E-state index in [-0.39, 0.29) is 17.4 Å². The number of urea groups is 1. The SMILES string of the molecule is Cn1c(SCC(=O)NC(=O)NC2CCCCC2)nc2ccsc2c1=O. The highest BCUT2D eigenvalue weighted by Gasteiger charge is 2.17. The molecule has 134 valence electrons. The molecule has 25 heavy (non-hydrogen) atoms. The standard InChI is InChI=1S/C16H20N4O3S2/c1-20-14(22)13-11(7-8-24-13)18-16(20)25-9-12(21)19-15(23)17-10-5-3-2-4-6-10/h7-8,10H,2-6,9H2,1H3,(H2,17,19,21,23). The maximum atomic E-state index is 12.2. The molecular formula is C16H20N4O3S2. The molecule has 2 heterocycles. The van der Waals surface area contributed by atoms with E-state index in [2.05, 4.69) is 15.6 Å². The number of imide groups is 1. The van der Waals surface area contributed by atoms with Crippen LogP contribution in [-0.2, 0) is 11.8 Å². The molecule has 1 fully saturated rings. The topological polar surface area (TPSA) is 93.1 Å². The van der Waals surface area contributed by atoms with Gasteiger partial charge in [-0.2, -0.15) is 0 Å². The van der Waals surface area contributed by atoms with Crippen molar-refractivity contribution in [2.24, 2.45) is 7.05 Å². The van der Waals surface area contributed by atoms with Crippen LogP contribution < -0.4 is 16.2 Å². The Balaban J connectivity index is 1.54. The molecule has 0 bridgehead atoms. The van der Waals surface area contributed by atoms with E-state index in [4.69, 9.17) is 0 Å².